The summed E-state index contributed by atoms with van der Waals surface area (Å²) in [6, 6.07) is 12.5. The first-order chi connectivity index (χ1) is 11.0. The molecule has 0 heterocycles. The van der Waals surface area contributed by atoms with E-state index in [2.05, 4.69) is 5.32 Å². The number of carbonyl (C=O) groups excluding carboxylic acids is 1. The summed E-state index contributed by atoms with van der Waals surface area (Å²) >= 11 is 0. The number of aromatic hydroxyl groups is 1. The Morgan fingerprint density at radius 1 is 1.17 bits per heavy atom. The number of carbonyl (C=O) groups is 1. The first-order valence-corrected chi connectivity index (χ1v) is 7.45. The zero-order chi connectivity index (χ0) is 16.8. The summed E-state index contributed by atoms with van der Waals surface area (Å²) in [6.07, 6.45) is 0.642. The molecule has 0 unspecified atom stereocenters. The summed E-state index contributed by atoms with van der Waals surface area (Å²) in [5.74, 6) is -0.413. The summed E-state index contributed by atoms with van der Waals surface area (Å²) in [7, 11) is 3.49. The van der Waals surface area contributed by atoms with Gasteiger partial charge in [-0.2, -0.15) is 0 Å². The maximum Gasteiger partial charge on any atom is 0.242 e. The number of hydrogen-bond acceptors (Lipinski definition) is 3. The monoisotopic (exact) mass is 316 g/mol. The second kappa shape index (κ2) is 7.74. The van der Waals surface area contributed by atoms with Crippen molar-refractivity contribution in [3.8, 4) is 5.75 Å². The van der Waals surface area contributed by atoms with Crippen molar-refractivity contribution in [1.82, 2.24) is 10.2 Å². The highest BCUT2D eigenvalue weighted by molar-refractivity contribution is 5.83. The van der Waals surface area contributed by atoms with Crippen molar-refractivity contribution in [1.29, 1.82) is 0 Å². The molecule has 1 atom stereocenters. The van der Waals surface area contributed by atoms with Crippen LogP contribution in [-0.2, 0) is 11.2 Å². The van der Waals surface area contributed by atoms with Crippen molar-refractivity contribution in [2.24, 2.45) is 0 Å². The van der Waals surface area contributed by atoms with E-state index < -0.39 is 6.04 Å². The van der Waals surface area contributed by atoms with Crippen molar-refractivity contribution >= 4 is 5.91 Å². The smallest absolute Gasteiger partial charge is 0.242 e. The summed E-state index contributed by atoms with van der Waals surface area (Å²) in [4.78, 5) is 14.1. The van der Waals surface area contributed by atoms with E-state index in [1.807, 2.05) is 12.1 Å². The second-order valence-corrected chi connectivity index (χ2v) is 5.60. The largest absolute Gasteiger partial charge is 0.508 e. The lowest BCUT2D eigenvalue weighted by Gasteiger charge is -2.24. The molecule has 0 saturated carbocycles. The van der Waals surface area contributed by atoms with Crippen LogP contribution >= 0.6 is 0 Å². The van der Waals surface area contributed by atoms with E-state index >= 15 is 0 Å². The van der Waals surface area contributed by atoms with Crippen molar-refractivity contribution in [2.75, 3.05) is 20.6 Å². The molecule has 0 saturated heterocycles. The van der Waals surface area contributed by atoms with Crippen LogP contribution in [0.15, 0.2) is 48.5 Å². The summed E-state index contributed by atoms with van der Waals surface area (Å²) in [5.41, 5.74) is 1.37. The van der Waals surface area contributed by atoms with Gasteiger partial charge in [-0.15, -0.1) is 0 Å². The van der Waals surface area contributed by atoms with Gasteiger partial charge in [0.25, 0.3) is 0 Å². The summed E-state index contributed by atoms with van der Waals surface area (Å²) in [5, 5.41) is 12.1. The van der Waals surface area contributed by atoms with E-state index in [-0.39, 0.29) is 17.5 Å². The third-order valence-corrected chi connectivity index (χ3v) is 3.61. The number of nitrogens with zero attached hydrogens (tertiary/aromatic N) is 1. The molecular formula is C18H21FN2O2. The van der Waals surface area contributed by atoms with Gasteiger partial charge in [-0.05, 0) is 44.3 Å². The average Bonchev–Trinajstić information content (AvgIpc) is 2.51. The van der Waals surface area contributed by atoms with Crippen molar-refractivity contribution in [3.63, 3.8) is 0 Å². The van der Waals surface area contributed by atoms with Gasteiger partial charge in [-0.3, -0.25) is 9.69 Å². The van der Waals surface area contributed by atoms with Crippen LogP contribution in [0.4, 0.5) is 4.39 Å². The Kier molecular flexibility index (Phi) is 5.71. The fraction of sp³-hybridized carbons (Fsp3) is 0.278. The molecular weight excluding hydrogens is 295 g/mol. The van der Waals surface area contributed by atoms with E-state index in [1.54, 1.807) is 49.3 Å². The Labute approximate surface area is 135 Å². The lowest BCUT2D eigenvalue weighted by molar-refractivity contribution is -0.125. The van der Waals surface area contributed by atoms with Crippen LogP contribution in [0.2, 0.25) is 0 Å². The molecule has 1 amide bonds. The molecule has 0 radical (unpaired) electrons. The molecule has 2 aromatic rings. The zero-order valence-electron chi connectivity index (χ0n) is 13.3. The van der Waals surface area contributed by atoms with Crippen molar-refractivity contribution in [2.45, 2.75) is 12.5 Å². The molecule has 0 aliphatic heterocycles. The number of nitrogens with one attached hydrogen (secondary N) is 1. The van der Waals surface area contributed by atoms with Gasteiger partial charge in [0, 0.05) is 12.1 Å². The third-order valence-electron chi connectivity index (χ3n) is 3.61. The molecule has 0 aromatic heterocycles. The van der Waals surface area contributed by atoms with Gasteiger partial charge in [0.1, 0.15) is 17.6 Å². The standard InChI is InChI=1S/C18H21FN2O2/c1-21(2)17(15-5-3-4-6-16(15)19)18(23)20-12-11-13-7-9-14(22)10-8-13/h3-10,17,22H,11-12H2,1-2H3,(H,20,23)/t17-/m0/s1. The van der Waals surface area contributed by atoms with Crippen LogP contribution < -0.4 is 5.32 Å². The Morgan fingerprint density at radius 3 is 2.43 bits per heavy atom. The second-order valence-electron chi connectivity index (χ2n) is 5.60. The van der Waals surface area contributed by atoms with Gasteiger partial charge in [0.05, 0.1) is 0 Å². The summed E-state index contributed by atoms with van der Waals surface area (Å²) < 4.78 is 14.0. The molecule has 0 fully saturated rings. The molecule has 2 aromatic carbocycles. The minimum atomic E-state index is -0.670. The topological polar surface area (TPSA) is 52.6 Å². The maximum atomic E-state index is 14.0. The number of benzene rings is 2. The van der Waals surface area contributed by atoms with Crippen LogP contribution in [0.1, 0.15) is 17.2 Å². The van der Waals surface area contributed by atoms with Crippen LogP contribution in [0, 0.1) is 5.82 Å². The van der Waals surface area contributed by atoms with Gasteiger partial charge >= 0.3 is 0 Å². The van der Waals surface area contributed by atoms with Crippen molar-refractivity contribution < 1.29 is 14.3 Å². The van der Waals surface area contributed by atoms with Gasteiger partial charge in [-0.25, -0.2) is 4.39 Å². The number of amides is 1. The van der Waals surface area contributed by atoms with Crippen LogP contribution in [0.5, 0.6) is 5.75 Å². The lowest BCUT2D eigenvalue weighted by Crippen LogP contribution is -2.38. The highest BCUT2D eigenvalue weighted by Crippen LogP contribution is 2.21. The molecule has 0 aliphatic carbocycles. The zero-order valence-corrected chi connectivity index (χ0v) is 13.3. The van der Waals surface area contributed by atoms with E-state index in [0.29, 0.717) is 18.5 Å². The molecule has 5 heteroatoms. The Hall–Kier alpha value is -2.40. The molecule has 0 bridgehead atoms. The fourth-order valence-electron chi connectivity index (χ4n) is 2.44. The van der Waals surface area contributed by atoms with E-state index in [4.69, 9.17) is 0 Å². The Bertz CT molecular complexity index is 656. The van der Waals surface area contributed by atoms with E-state index in [9.17, 15) is 14.3 Å². The van der Waals surface area contributed by atoms with Gasteiger partial charge in [0.2, 0.25) is 5.91 Å². The van der Waals surface area contributed by atoms with Crippen LogP contribution in [0.3, 0.4) is 0 Å². The highest BCUT2D eigenvalue weighted by atomic mass is 19.1. The predicted octanol–water partition coefficient (Wildman–Crippen LogP) is 2.49. The first-order valence-electron chi connectivity index (χ1n) is 7.45. The number of phenolic OH excluding ortho intramolecular Hbond substituents is 1. The third kappa shape index (κ3) is 4.53. The first kappa shape index (κ1) is 17.0. The van der Waals surface area contributed by atoms with Crippen molar-refractivity contribution in [3.05, 3.63) is 65.5 Å². The number of halogens is 1. The predicted molar refractivity (Wildman–Crippen MR) is 87.6 cm³/mol. The normalized spacial score (nSPS) is 12.2. The van der Waals surface area contributed by atoms with Gasteiger partial charge < -0.3 is 10.4 Å². The van der Waals surface area contributed by atoms with Gasteiger partial charge in [0.15, 0.2) is 0 Å². The Morgan fingerprint density at radius 2 is 1.83 bits per heavy atom. The molecule has 2 rings (SSSR count). The number of likely N-dealkylation sites (N-methyl/N-ethyl adjacent to an activating group) is 1. The molecule has 2 N–H and O–H groups in total. The highest BCUT2D eigenvalue weighted by Gasteiger charge is 2.25. The number of rotatable bonds is 6. The molecule has 0 spiro atoms. The van der Waals surface area contributed by atoms with Crippen LogP contribution in [0.25, 0.3) is 0 Å². The maximum absolute atomic E-state index is 14.0. The van der Waals surface area contributed by atoms with Gasteiger partial charge in [-0.1, -0.05) is 30.3 Å². The average molecular weight is 316 g/mol. The van der Waals surface area contributed by atoms with E-state index in [0.717, 1.165) is 5.56 Å². The fourth-order valence-corrected chi connectivity index (χ4v) is 2.44. The minimum Gasteiger partial charge on any atom is -0.508 e. The quantitative estimate of drug-likeness (QED) is 0.861. The number of hydrogen-bond donors (Lipinski definition) is 2. The Balaban J connectivity index is 1.99. The SMILES string of the molecule is CN(C)[C@H](C(=O)NCCc1ccc(O)cc1)c1ccccc1F. The molecule has 0 aliphatic rings. The molecule has 23 heavy (non-hydrogen) atoms. The van der Waals surface area contributed by atoms with Crippen LogP contribution in [-0.4, -0.2) is 36.6 Å². The molecule has 4 nitrogen and oxygen atoms in total. The summed E-state index contributed by atoms with van der Waals surface area (Å²) in [6.45, 7) is 0.447. The molecule has 122 valence electrons. The number of phenols is 1. The minimum absolute atomic E-state index is 0.213. The lowest BCUT2D eigenvalue weighted by atomic mass is 10.0. The van der Waals surface area contributed by atoms with E-state index in [1.165, 1.54) is 6.07 Å².